The van der Waals surface area contributed by atoms with Crippen molar-refractivity contribution in [3.05, 3.63) is 11.4 Å². The summed E-state index contributed by atoms with van der Waals surface area (Å²) in [5, 5.41) is 16.3. The second kappa shape index (κ2) is 4.58. The molecule has 70 valence electrons. The Balaban J connectivity index is 2.69. The van der Waals surface area contributed by atoms with E-state index >= 15 is 0 Å². The highest BCUT2D eigenvalue weighted by atomic mass is 15.4. The van der Waals surface area contributed by atoms with Crippen molar-refractivity contribution in [3.63, 3.8) is 0 Å². The zero-order valence-electron chi connectivity index (χ0n) is 7.69. The molecule has 0 aliphatic carbocycles. The summed E-state index contributed by atoms with van der Waals surface area (Å²) in [4.78, 5) is 0. The van der Waals surface area contributed by atoms with Gasteiger partial charge in [0, 0.05) is 0 Å². The number of nitriles is 1. The van der Waals surface area contributed by atoms with Gasteiger partial charge >= 0.3 is 0 Å². The highest BCUT2D eigenvalue weighted by Crippen LogP contribution is 2.05. The van der Waals surface area contributed by atoms with Gasteiger partial charge in [0.25, 0.3) is 0 Å². The standard InChI is InChI=1S/C8H13N5/c1-7-8(3-2-4-9)11-12-13(7)6-5-10/h2-4,6,9H2,1H3. The van der Waals surface area contributed by atoms with Crippen LogP contribution in [0.2, 0.25) is 0 Å². The Hall–Kier alpha value is -1.41. The first-order chi connectivity index (χ1) is 6.29. The van der Waals surface area contributed by atoms with Crippen molar-refractivity contribution in [3.8, 4) is 6.07 Å². The molecule has 0 aliphatic rings. The zero-order valence-corrected chi connectivity index (χ0v) is 7.69. The minimum atomic E-state index is 0.265. The lowest BCUT2D eigenvalue weighted by atomic mass is 10.2. The van der Waals surface area contributed by atoms with E-state index < -0.39 is 0 Å². The normalized spacial score (nSPS) is 9.92. The van der Waals surface area contributed by atoms with Crippen molar-refractivity contribution in [1.29, 1.82) is 5.26 Å². The number of nitrogens with zero attached hydrogens (tertiary/aromatic N) is 4. The van der Waals surface area contributed by atoms with Crippen LogP contribution in [0.1, 0.15) is 17.8 Å². The second-order valence-corrected chi connectivity index (χ2v) is 2.83. The molecule has 5 heteroatoms. The van der Waals surface area contributed by atoms with Crippen LogP contribution in [0.15, 0.2) is 0 Å². The Morgan fingerprint density at radius 1 is 1.62 bits per heavy atom. The Kier molecular flexibility index (Phi) is 3.41. The smallest absolute Gasteiger partial charge is 0.130 e. The van der Waals surface area contributed by atoms with Crippen LogP contribution in [0.4, 0.5) is 0 Å². The third-order valence-electron chi connectivity index (χ3n) is 1.92. The van der Waals surface area contributed by atoms with Crippen LogP contribution in [0.3, 0.4) is 0 Å². The van der Waals surface area contributed by atoms with Crippen molar-refractivity contribution in [1.82, 2.24) is 15.0 Å². The summed E-state index contributed by atoms with van der Waals surface area (Å²) in [5.41, 5.74) is 7.30. The van der Waals surface area contributed by atoms with Crippen LogP contribution in [0, 0.1) is 18.3 Å². The van der Waals surface area contributed by atoms with Gasteiger partial charge in [0.1, 0.15) is 6.54 Å². The van der Waals surface area contributed by atoms with Gasteiger partial charge in [-0.3, -0.25) is 0 Å². The number of hydrogen-bond donors (Lipinski definition) is 1. The Morgan fingerprint density at radius 3 is 3.00 bits per heavy atom. The van der Waals surface area contributed by atoms with Crippen LogP contribution in [-0.2, 0) is 13.0 Å². The molecule has 1 aromatic heterocycles. The summed E-state index contributed by atoms with van der Waals surface area (Å²) in [6.45, 7) is 2.84. The number of aromatic nitrogens is 3. The molecule has 1 heterocycles. The van der Waals surface area contributed by atoms with Crippen LogP contribution < -0.4 is 5.73 Å². The fourth-order valence-electron chi connectivity index (χ4n) is 1.11. The second-order valence-electron chi connectivity index (χ2n) is 2.83. The lowest BCUT2D eigenvalue weighted by molar-refractivity contribution is 0.651. The molecule has 0 fully saturated rings. The molecule has 0 saturated carbocycles. The number of hydrogen-bond acceptors (Lipinski definition) is 4. The van der Waals surface area contributed by atoms with E-state index in [0.29, 0.717) is 6.54 Å². The van der Waals surface area contributed by atoms with E-state index in [1.54, 1.807) is 4.68 Å². The molecule has 0 aromatic carbocycles. The van der Waals surface area contributed by atoms with Crippen molar-refractivity contribution in [2.24, 2.45) is 5.73 Å². The first-order valence-corrected chi connectivity index (χ1v) is 4.25. The summed E-state index contributed by atoms with van der Waals surface area (Å²) < 4.78 is 1.60. The molecule has 0 spiro atoms. The first-order valence-electron chi connectivity index (χ1n) is 4.25. The van der Waals surface area contributed by atoms with Crippen LogP contribution >= 0.6 is 0 Å². The number of rotatable bonds is 4. The lowest BCUT2D eigenvalue weighted by Crippen LogP contribution is -2.03. The molecule has 0 radical (unpaired) electrons. The molecule has 1 aromatic rings. The molecule has 0 atom stereocenters. The van der Waals surface area contributed by atoms with Crippen LogP contribution in [0.25, 0.3) is 0 Å². The monoisotopic (exact) mass is 179 g/mol. The SMILES string of the molecule is Cc1c(CCCN)nnn1CC#N. The molecule has 0 saturated heterocycles. The summed E-state index contributed by atoms with van der Waals surface area (Å²) in [5.74, 6) is 0. The molecule has 5 nitrogen and oxygen atoms in total. The minimum absolute atomic E-state index is 0.265. The number of nitrogens with two attached hydrogens (primary N) is 1. The largest absolute Gasteiger partial charge is 0.330 e. The quantitative estimate of drug-likeness (QED) is 0.705. The van der Waals surface area contributed by atoms with Gasteiger partial charge in [-0.15, -0.1) is 5.10 Å². The molecule has 1 rings (SSSR count). The van der Waals surface area contributed by atoms with E-state index in [9.17, 15) is 0 Å². The average Bonchev–Trinajstić information content (AvgIpc) is 2.46. The zero-order chi connectivity index (χ0) is 9.68. The van der Waals surface area contributed by atoms with Gasteiger partial charge in [0.05, 0.1) is 17.5 Å². The number of aryl methyl sites for hydroxylation is 1. The molecule has 0 aliphatic heterocycles. The van der Waals surface area contributed by atoms with Gasteiger partial charge in [-0.1, -0.05) is 5.21 Å². The maximum atomic E-state index is 8.47. The van der Waals surface area contributed by atoms with Gasteiger partial charge in [-0.25, -0.2) is 4.68 Å². The highest BCUT2D eigenvalue weighted by Gasteiger charge is 2.06. The predicted octanol–water partition coefficient (Wildman–Crippen LogP) is 0.00140. The van der Waals surface area contributed by atoms with Crippen molar-refractivity contribution >= 4 is 0 Å². The molecular weight excluding hydrogens is 166 g/mol. The maximum Gasteiger partial charge on any atom is 0.130 e. The van der Waals surface area contributed by atoms with Crippen LogP contribution in [0.5, 0.6) is 0 Å². The Morgan fingerprint density at radius 2 is 2.38 bits per heavy atom. The van der Waals surface area contributed by atoms with Gasteiger partial charge in [-0.2, -0.15) is 5.26 Å². The minimum Gasteiger partial charge on any atom is -0.330 e. The van der Waals surface area contributed by atoms with Gasteiger partial charge < -0.3 is 5.73 Å². The van der Waals surface area contributed by atoms with E-state index in [0.717, 1.165) is 24.2 Å². The van der Waals surface area contributed by atoms with E-state index in [-0.39, 0.29) is 6.54 Å². The molecule has 2 N–H and O–H groups in total. The third-order valence-corrected chi connectivity index (χ3v) is 1.92. The van der Waals surface area contributed by atoms with Crippen molar-refractivity contribution < 1.29 is 0 Å². The topological polar surface area (TPSA) is 80.5 Å². The van der Waals surface area contributed by atoms with Gasteiger partial charge in [-0.05, 0) is 26.3 Å². The molecule has 13 heavy (non-hydrogen) atoms. The summed E-state index contributed by atoms with van der Waals surface area (Å²) >= 11 is 0. The van der Waals surface area contributed by atoms with Crippen LogP contribution in [-0.4, -0.2) is 21.5 Å². The summed E-state index contributed by atoms with van der Waals surface area (Å²) in [6.07, 6.45) is 1.75. The molecular formula is C8H13N5. The Labute approximate surface area is 77.1 Å². The van der Waals surface area contributed by atoms with E-state index in [1.807, 2.05) is 13.0 Å². The Bertz CT molecular complexity index is 309. The van der Waals surface area contributed by atoms with Gasteiger partial charge in [0.15, 0.2) is 0 Å². The first kappa shape index (κ1) is 9.68. The predicted molar refractivity (Wildman–Crippen MR) is 47.7 cm³/mol. The van der Waals surface area contributed by atoms with Crippen molar-refractivity contribution in [2.45, 2.75) is 26.3 Å². The molecule has 0 amide bonds. The maximum absolute atomic E-state index is 8.47. The molecule has 0 unspecified atom stereocenters. The molecule has 0 bridgehead atoms. The average molecular weight is 179 g/mol. The summed E-state index contributed by atoms with van der Waals surface area (Å²) in [6, 6.07) is 2.03. The summed E-state index contributed by atoms with van der Waals surface area (Å²) in [7, 11) is 0. The fraction of sp³-hybridized carbons (Fsp3) is 0.625. The highest BCUT2D eigenvalue weighted by molar-refractivity contribution is 5.08. The van der Waals surface area contributed by atoms with E-state index in [1.165, 1.54) is 0 Å². The lowest BCUT2D eigenvalue weighted by Gasteiger charge is -1.97. The third kappa shape index (κ3) is 2.26. The fourth-order valence-corrected chi connectivity index (χ4v) is 1.11. The van der Waals surface area contributed by atoms with E-state index in [2.05, 4.69) is 10.3 Å². The van der Waals surface area contributed by atoms with E-state index in [4.69, 9.17) is 11.0 Å². The van der Waals surface area contributed by atoms with Crippen molar-refractivity contribution in [2.75, 3.05) is 6.54 Å². The van der Waals surface area contributed by atoms with Gasteiger partial charge in [0.2, 0.25) is 0 Å².